The second kappa shape index (κ2) is 12.1. The number of ether oxygens (including phenoxy) is 1. The van der Waals surface area contributed by atoms with Gasteiger partial charge in [-0.2, -0.15) is 0 Å². The average molecular weight is 511 g/mol. The Bertz CT molecular complexity index is 490. The van der Waals surface area contributed by atoms with Crippen LogP contribution in [0.3, 0.4) is 0 Å². The van der Waals surface area contributed by atoms with Gasteiger partial charge in [0.1, 0.15) is 0 Å². The van der Waals surface area contributed by atoms with Crippen LogP contribution in [0.5, 0.6) is 0 Å². The minimum atomic E-state index is 0. The molecule has 5 nitrogen and oxygen atoms in total. The molecule has 1 fully saturated rings. The Balaban J connectivity index is 0.00000288. The van der Waals surface area contributed by atoms with E-state index in [1.54, 1.807) is 7.11 Å². The summed E-state index contributed by atoms with van der Waals surface area (Å²) in [5.41, 5.74) is 1.37. The van der Waals surface area contributed by atoms with Gasteiger partial charge in [-0.15, -0.1) is 24.0 Å². The first-order chi connectivity index (χ1) is 11.2. The Morgan fingerprint density at radius 3 is 2.54 bits per heavy atom. The van der Waals surface area contributed by atoms with Gasteiger partial charge in [-0.3, -0.25) is 9.89 Å². The molecule has 1 aliphatic heterocycles. The molecule has 1 aliphatic rings. The number of halogens is 2. The Morgan fingerprint density at radius 1 is 1.29 bits per heavy atom. The fraction of sp³-hybridized carbons (Fsp3) is 0.588. The number of nitrogens with one attached hydrogen (secondary N) is 2. The van der Waals surface area contributed by atoms with Crippen LogP contribution in [0.4, 0.5) is 0 Å². The van der Waals surface area contributed by atoms with Crippen LogP contribution >= 0.6 is 39.9 Å². The van der Waals surface area contributed by atoms with Crippen LogP contribution in [0.2, 0.25) is 0 Å². The van der Waals surface area contributed by atoms with E-state index in [-0.39, 0.29) is 24.0 Å². The third kappa shape index (κ3) is 7.67. The highest BCUT2D eigenvalue weighted by Gasteiger charge is 2.19. The van der Waals surface area contributed by atoms with E-state index < -0.39 is 0 Å². The molecule has 0 radical (unpaired) electrons. The van der Waals surface area contributed by atoms with Crippen molar-refractivity contribution in [2.75, 3.05) is 40.4 Å². The molecule has 1 aromatic rings. The highest BCUT2D eigenvalue weighted by atomic mass is 127. The van der Waals surface area contributed by atoms with Gasteiger partial charge in [0.25, 0.3) is 0 Å². The van der Waals surface area contributed by atoms with E-state index in [1.165, 1.54) is 5.56 Å². The van der Waals surface area contributed by atoms with E-state index in [9.17, 15) is 0 Å². The van der Waals surface area contributed by atoms with E-state index in [2.05, 4.69) is 60.7 Å². The van der Waals surface area contributed by atoms with Crippen molar-refractivity contribution in [2.45, 2.75) is 25.4 Å². The fourth-order valence-electron chi connectivity index (χ4n) is 2.74. The van der Waals surface area contributed by atoms with Crippen LogP contribution < -0.4 is 10.6 Å². The lowest BCUT2D eigenvalue weighted by Crippen LogP contribution is -2.49. The number of rotatable bonds is 6. The predicted molar refractivity (Wildman–Crippen MR) is 114 cm³/mol. The van der Waals surface area contributed by atoms with E-state index in [0.29, 0.717) is 12.6 Å². The number of methoxy groups -OCH3 is 1. The van der Waals surface area contributed by atoms with Crippen LogP contribution in [0.25, 0.3) is 0 Å². The minimum Gasteiger partial charge on any atom is -0.383 e. The lowest BCUT2D eigenvalue weighted by atomic mass is 10.0. The van der Waals surface area contributed by atoms with Gasteiger partial charge in [0.2, 0.25) is 0 Å². The SMILES string of the molecule is CN=C(NCCOC)NC1CCN(Cc2ccc(Br)cc2)CC1.I. The van der Waals surface area contributed by atoms with Gasteiger partial charge in [0.05, 0.1) is 6.61 Å². The van der Waals surface area contributed by atoms with Gasteiger partial charge < -0.3 is 15.4 Å². The summed E-state index contributed by atoms with van der Waals surface area (Å²) in [6.07, 6.45) is 2.28. The monoisotopic (exact) mass is 510 g/mol. The molecule has 0 spiro atoms. The van der Waals surface area contributed by atoms with Crippen molar-refractivity contribution in [3.8, 4) is 0 Å². The second-order valence-electron chi connectivity index (χ2n) is 5.81. The maximum absolute atomic E-state index is 5.05. The number of likely N-dealkylation sites (tertiary alicyclic amines) is 1. The minimum absolute atomic E-state index is 0. The first-order valence-corrected chi connectivity index (χ1v) is 8.93. The van der Waals surface area contributed by atoms with Gasteiger partial charge >= 0.3 is 0 Å². The highest BCUT2D eigenvalue weighted by Crippen LogP contribution is 2.16. The van der Waals surface area contributed by atoms with Gasteiger partial charge in [-0.1, -0.05) is 28.1 Å². The molecule has 1 saturated heterocycles. The summed E-state index contributed by atoms with van der Waals surface area (Å²) in [4.78, 5) is 6.79. The lowest BCUT2D eigenvalue weighted by molar-refractivity contribution is 0.196. The molecule has 24 heavy (non-hydrogen) atoms. The first kappa shape index (κ1) is 21.7. The zero-order chi connectivity index (χ0) is 16.5. The molecule has 0 aliphatic carbocycles. The van der Waals surface area contributed by atoms with Crippen LogP contribution in [-0.2, 0) is 11.3 Å². The molecule has 0 amide bonds. The van der Waals surface area contributed by atoms with Crippen molar-refractivity contribution >= 4 is 45.9 Å². The molecule has 0 saturated carbocycles. The Hall–Kier alpha value is -0.380. The highest BCUT2D eigenvalue weighted by molar-refractivity contribution is 14.0. The fourth-order valence-corrected chi connectivity index (χ4v) is 3.01. The van der Waals surface area contributed by atoms with E-state index in [1.807, 2.05) is 7.05 Å². The molecule has 1 heterocycles. The van der Waals surface area contributed by atoms with Crippen molar-refractivity contribution in [3.63, 3.8) is 0 Å². The number of guanidine groups is 1. The molecule has 2 rings (SSSR count). The average Bonchev–Trinajstić information content (AvgIpc) is 2.58. The van der Waals surface area contributed by atoms with Crippen molar-refractivity contribution in [1.29, 1.82) is 0 Å². The van der Waals surface area contributed by atoms with Crippen LogP contribution in [0.15, 0.2) is 33.7 Å². The molecule has 0 atom stereocenters. The summed E-state index contributed by atoms with van der Waals surface area (Å²) in [5, 5.41) is 6.78. The summed E-state index contributed by atoms with van der Waals surface area (Å²) in [5.74, 6) is 0.869. The van der Waals surface area contributed by atoms with Crippen molar-refractivity contribution < 1.29 is 4.74 Å². The van der Waals surface area contributed by atoms with Gasteiger partial charge in [-0.05, 0) is 30.5 Å². The van der Waals surface area contributed by atoms with Crippen molar-refractivity contribution in [2.24, 2.45) is 4.99 Å². The topological polar surface area (TPSA) is 48.9 Å². The standard InChI is InChI=1S/C17H27BrN4O.HI/c1-19-17(20-9-12-23-2)21-16-7-10-22(11-8-16)13-14-3-5-15(18)6-4-14;/h3-6,16H,7-13H2,1-2H3,(H2,19,20,21);1H. The number of piperidine rings is 1. The molecule has 7 heteroatoms. The molecular weight excluding hydrogens is 483 g/mol. The Kier molecular flexibility index (Phi) is 10.9. The Labute approximate surface area is 170 Å². The molecule has 0 aromatic heterocycles. The molecule has 0 bridgehead atoms. The smallest absolute Gasteiger partial charge is 0.191 e. The quantitative estimate of drug-likeness (QED) is 0.267. The van der Waals surface area contributed by atoms with E-state index >= 15 is 0 Å². The van der Waals surface area contributed by atoms with Crippen molar-refractivity contribution in [3.05, 3.63) is 34.3 Å². The van der Waals surface area contributed by atoms with Gasteiger partial charge in [0.15, 0.2) is 5.96 Å². The number of benzene rings is 1. The normalized spacial score (nSPS) is 16.5. The molecule has 136 valence electrons. The summed E-state index contributed by atoms with van der Waals surface area (Å²) in [6.45, 7) is 4.72. The summed E-state index contributed by atoms with van der Waals surface area (Å²) in [7, 11) is 3.52. The number of nitrogens with zero attached hydrogens (tertiary/aromatic N) is 2. The predicted octanol–water partition coefficient (Wildman–Crippen LogP) is 2.84. The van der Waals surface area contributed by atoms with E-state index in [0.717, 1.165) is 49.5 Å². The van der Waals surface area contributed by atoms with Crippen LogP contribution in [0, 0.1) is 0 Å². The Morgan fingerprint density at radius 2 is 1.96 bits per heavy atom. The zero-order valence-electron chi connectivity index (χ0n) is 14.4. The summed E-state index contributed by atoms with van der Waals surface area (Å²) < 4.78 is 6.19. The lowest BCUT2D eigenvalue weighted by Gasteiger charge is -2.33. The van der Waals surface area contributed by atoms with E-state index in [4.69, 9.17) is 4.74 Å². The number of hydrogen-bond acceptors (Lipinski definition) is 3. The number of aliphatic imine (C=N–C) groups is 1. The third-order valence-electron chi connectivity index (χ3n) is 4.07. The number of hydrogen-bond donors (Lipinski definition) is 2. The van der Waals surface area contributed by atoms with Crippen molar-refractivity contribution in [1.82, 2.24) is 15.5 Å². The molecule has 2 N–H and O–H groups in total. The molecule has 1 aromatic carbocycles. The van der Waals surface area contributed by atoms with Gasteiger partial charge in [-0.25, -0.2) is 0 Å². The first-order valence-electron chi connectivity index (χ1n) is 8.14. The van der Waals surface area contributed by atoms with Crippen LogP contribution in [-0.4, -0.2) is 57.3 Å². The summed E-state index contributed by atoms with van der Waals surface area (Å²) in [6, 6.07) is 9.09. The van der Waals surface area contributed by atoms with Gasteiger partial charge in [0, 0.05) is 50.9 Å². The third-order valence-corrected chi connectivity index (χ3v) is 4.60. The molecule has 0 unspecified atom stereocenters. The maximum atomic E-state index is 5.05. The largest absolute Gasteiger partial charge is 0.383 e. The zero-order valence-corrected chi connectivity index (χ0v) is 18.3. The molecular formula is C17H28BrIN4O. The van der Waals surface area contributed by atoms with Crippen LogP contribution in [0.1, 0.15) is 18.4 Å². The second-order valence-corrected chi connectivity index (χ2v) is 6.73. The summed E-state index contributed by atoms with van der Waals surface area (Å²) >= 11 is 3.48. The maximum Gasteiger partial charge on any atom is 0.191 e.